The van der Waals surface area contributed by atoms with Crippen LogP contribution in [0.2, 0.25) is 0 Å². The molecule has 2 amide bonds. The van der Waals surface area contributed by atoms with Crippen LogP contribution in [-0.2, 0) is 14.4 Å². The Kier molecular flexibility index (Phi) is 7.68. The summed E-state index contributed by atoms with van der Waals surface area (Å²) >= 11 is 4.68. The summed E-state index contributed by atoms with van der Waals surface area (Å²) in [6.45, 7) is 0. The quantitative estimate of drug-likeness (QED) is 0.543. The minimum Gasteiger partial charge on any atom is -0.481 e. The Hall–Kier alpha value is -2.32. The number of hydrogen-bond acceptors (Lipinski definition) is 4. The van der Waals surface area contributed by atoms with Crippen LogP contribution < -0.4 is 10.6 Å². The van der Waals surface area contributed by atoms with Crippen molar-refractivity contribution < 1.29 is 19.5 Å². The normalized spacial score (nSPS) is 10.2. The van der Waals surface area contributed by atoms with Crippen LogP contribution in [-0.4, -0.2) is 28.6 Å². The molecule has 0 saturated heterocycles. The molecule has 2 rings (SSSR count). The van der Waals surface area contributed by atoms with Gasteiger partial charge in [-0.1, -0.05) is 22.0 Å². The zero-order chi connectivity index (χ0) is 18.9. The van der Waals surface area contributed by atoms with Gasteiger partial charge in [0, 0.05) is 27.2 Å². The van der Waals surface area contributed by atoms with Crippen LogP contribution >= 0.6 is 27.7 Å². The first kappa shape index (κ1) is 20.0. The molecule has 0 saturated carbocycles. The number of hydrogen-bond donors (Lipinski definition) is 3. The monoisotopic (exact) mass is 436 g/mol. The van der Waals surface area contributed by atoms with Gasteiger partial charge in [0.05, 0.1) is 12.2 Å². The fourth-order valence-electron chi connectivity index (χ4n) is 1.99. The van der Waals surface area contributed by atoms with Crippen molar-refractivity contribution in [3.8, 4) is 0 Å². The van der Waals surface area contributed by atoms with Crippen LogP contribution in [0.5, 0.6) is 0 Å². The molecule has 136 valence electrons. The third kappa shape index (κ3) is 7.28. The van der Waals surface area contributed by atoms with Gasteiger partial charge in [0.2, 0.25) is 11.8 Å². The van der Waals surface area contributed by atoms with E-state index in [4.69, 9.17) is 5.11 Å². The summed E-state index contributed by atoms with van der Waals surface area (Å²) in [4.78, 5) is 35.0. The number of amides is 2. The maximum absolute atomic E-state index is 12.0. The van der Waals surface area contributed by atoms with Gasteiger partial charge >= 0.3 is 5.97 Å². The highest BCUT2D eigenvalue weighted by molar-refractivity contribution is 9.10. The van der Waals surface area contributed by atoms with Crippen LogP contribution in [0.3, 0.4) is 0 Å². The Labute approximate surface area is 163 Å². The van der Waals surface area contributed by atoms with Gasteiger partial charge in [-0.3, -0.25) is 14.4 Å². The number of benzene rings is 2. The fourth-order valence-corrected chi connectivity index (χ4v) is 3.01. The number of carboxylic acid groups (broad SMARTS) is 1. The lowest BCUT2D eigenvalue weighted by Crippen LogP contribution is -2.14. The largest absolute Gasteiger partial charge is 0.481 e. The third-order valence-corrected chi connectivity index (χ3v) is 4.70. The Morgan fingerprint density at radius 2 is 1.62 bits per heavy atom. The molecule has 0 aromatic heterocycles. The van der Waals surface area contributed by atoms with Gasteiger partial charge in [0.1, 0.15) is 0 Å². The third-order valence-electron chi connectivity index (χ3n) is 3.18. The fraction of sp³-hybridized carbons (Fsp3) is 0.167. The Morgan fingerprint density at radius 1 is 0.923 bits per heavy atom. The smallest absolute Gasteiger partial charge is 0.303 e. The van der Waals surface area contributed by atoms with E-state index in [-0.39, 0.29) is 30.4 Å². The van der Waals surface area contributed by atoms with Gasteiger partial charge in [-0.05, 0) is 42.5 Å². The number of aliphatic carboxylic acids is 1. The molecule has 3 N–H and O–H groups in total. The second-order valence-corrected chi connectivity index (χ2v) is 7.28. The van der Waals surface area contributed by atoms with E-state index in [1.165, 1.54) is 11.8 Å². The van der Waals surface area contributed by atoms with Gasteiger partial charge < -0.3 is 15.7 Å². The van der Waals surface area contributed by atoms with Crippen LogP contribution in [0.4, 0.5) is 11.4 Å². The molecule has 0 unspecified atom stereocenters. The molecule has 0 atom stereocenters. The van der Waals surface area contributed by atoms with E-state index in [1.54, 1.807) is 30.3 Å². The summed E-state index contributed by atoms with van der Waals surface area (Å²) in [6.07, 6.45) is -0.293. The second-order valence-electron chi connectivity index (χ2n) is 5.31. The first-order chi connectivity index (χ1) is 12.4. The molecular formula is C18H17BrN2O4S. The lowest BCUT2D eigenvalue weighted by molar-refractivity contribution is -0.138. The van der Waals surface area contributed by atoms with Gasteiger partial charge in [0.25, 0.3) is 0 Å². The highest BCUT2D eigenvalue weighted by atomic mass is 79.9. The molecule has 6 nitrogen and oxygen atoms in total. The standard InChI is InChI=1S/C18H17BrN2O4S/c19-12-4-6-13(7-5-12)20-17(23)11-26-15-3-1-2-14(10-15)21-16(22)8-9-18(24)25/h1-7,10H,8-9,11H2,(H,20,23)(H,21,22)(H,24,25). The van der Waals surface area contributed by atoms with Crippen molar-refractivity contribution >= 4 is 56.9 Å². The number of thioether (sulfide) groups is 1. The number of rotatable bonds is 8. The predicted octanol–water partition coefficient (Wildman–Crippen LogP) is 3.98. The summed E-state index contributed by atoms with van der Waals surface area (Å²) in [5, 5.41) is 14.0. The van der Waals surface area contributed by atoms with Crippen molar-refractivity contribution in [3.63, 3.8) is 0 Å². The molecule has 0 aliphatic carbocycles. The number of carboxylic acids is 1. The van der Waals surface area contributed by atoms with E-state index >= 15 is 0 Å². The average Bonchev–Trinajstić information content (AvgIpc) is 2.60. The van der Waals surface area contributed by atoms with E-state index in [0.717, 1.165) is 15.1 Å². The van der Waals surface area contributed by atoms with E-state index in [0.29, 0.717) is 5.69 Å². The molecule has 2 aromatic carbocycles. The summed E-state index contributed by atoms with van der Waals surface area (Å²) in [7, 11) is 0. The highest BCUT2D eigenvalue weighted by Gasteiger charge is 2.08. The first-order valence-corrected chi connectivity index (χ1v) is 9.50. The molecule has 2 aromatic rings. The topological polar surface area (TPSA) is 95.5 Å². The van der Waals surface area contributed by atoms with E-state index < -0.39 is 5.97 Å². The van der Waals surface area contributed by atoms with Gasteiger partial charge in [-0.2, -0.15) is 0 Å². The molecule has 26 heavy (non-hydrogen) atoms. The van der Waals surface area contributed by atoms with Crippen LogP contribution in [0, 0.1) is 0 Å². The Bertz CT molecular complexity index is 796. The molecule has 0 bridgehead atoms. The van der Waals surface area contributed by atoms with Crippen molar-refractivity contribution in [1.82, 2.24) is 0 Å². The summed E-state index contributed by atoms with van der Waals surface area (Å²) in [5.74, 6) is -1.27. The summed E-state index contributed by atoms with van der Waals surface area (Å²) < 4.78 is 0.937. The number of carbonyl (C=O) groups excluding carboxylic acids is 2. The molecule has 0 radical (unpaired) electrons. The van der Waals surface area contributed by atoms with Crippen LogP contribution in [0.15, 0.2) is 57.9 Å². The summed E-state index contributed by atoms with van der Waals surface area (Å²) in [5.41, 5.74) is 1.29. The van der Waals surface area contributed by atoms with Crippen molar-refractivity contribution in [2.24, 2.45) is 0 Å². The van der Waals surface area contributed by atoms with E-state index in [1.807, 2.05) is 18.2 Å². The second kappa shape index (κ2) is 9.98. The van der Waals surface area contributed by atoms with Crippen molar-refractivity contribution in [2.75, 3.05) is 16.4 Å². The van der Waals surface area contributed by atoms with Crippen molar-refractivity contribution in [3.05, 3.63) is 53.0 Å². The zero-order valence-corrected chi connectivity index (χ0v) is 16.1. The number of anilines is 2. The molecular weight excluding hydrogens is 420 g/mol. The van der Waals surface area contributed by atoms with E-state index in [9.17, 15) is 14.4 Å². The average molecular weight is 437 g/mol. The Balaban J connectivity index is 1.83. The lowest BCUT2D eigenvalue weighted by Gasteiger charge is -2.08. The predicted molar refractivity (Wildman–Crippen MR) is 105 cm³/mol. The Morgan fingerprint density at radius 3 is 2.31 bits per heavy atom. The number of nitrogens with one attached hydrogen (secondary N) is 2. The zero-order valence-electron chi connectivity index (χ0n) is 13.7. The molecule has 8 heteroatoms. The van der Waals surface area contributed by atoms with Crippen molar-refractivity contribution in [2.45, 2.75) is 17.7 Å². The molecule has 0 fully saturated rings. The lowest BCUT2D eigenvalue weighted by atomic mass is 10.2. The van der Waals surface area contributed by atoms with Gasteiger partial charge in [-0.25, -0.2) is 0 Å². The maximum Gasteiger partial charge on any atom is 0.303 e. The molecule has 0 aliphatic heterocycles. The van der Waals surface area contributed by atoms with Gasteiger partial charge in [0.15, 0.2) is 0 Å². The van der Waals surface area contributed by atoms with Crippen LogP contribution in [0.25, 0.3) is 0 Å². The van der Waals surface area contributed by atoms with E-state index in [2.05, 4.69) is 26.6 Å². The first-order valence-electron chi connectivity index (χ1n) is 7.72. The van der Waals surface area contributed by atoms with Crippen LogP contribution in [0.1, 0.15) is 12.8 Å². The molecule has 0 aliphatic rings. The number of carbonyl (C=O) groups is 3. The summed E-state index contributed by atoms with van der Waals surface area (Å²) in [6, 6.07) is 14.4. The number of halogens is 1. The minimum absolute atomic E-state index is 0.0811. The SMILES string of the molecule is O=C(O)CCC(=O)Nc1cccc(SCC(=O)Nc2ccc(Br)cc2)c1. The maximum atomic E-state index is 12.0. The highest BCUT2D eigenvalue weighted by Crippen LogP contribution is 2.22. The van der Waals surface area contributed by atoms with Gasteiger partial charge in [-0.15, -0.1) is 11.8 Å². The molecule has 0 heterocycles. The minimum atomic E-state index is -1.01. The van der Waals surface area contributed by atoms with Crippen molar-refractivity contribution in [1.29, 1.82) is 0 Å². The molecule has 0 spiro atoms.